The van der Waals surface area contributed by atoms with Crippen molar-refractivity contribution in [2.24, 2.45) is 4.99 Å². The highest BCUT2D eigenvalue weighted by molar-refractivity contribution is 6.14. The second-order valence-corrected chi connectivity index (χ2v) is 6.20. The highest BCUT2D eigenvalue weighted by Crippen LogP contribution is 2.22. The van der Waals surface area contributed by atoms with Crippen LogP contribution in [0.15, 0.2) is 53.5 Å². The number of halogens is 1. The van der Waals surface area contributed by atoms with Gasteiger partial charge in [0.15, 0.2) is 0 Å². The zero-order valence-electron chi connectivity index (χ0n) is 13.9. The van der Waals surface area contributed by atoms with Gasteiger partial charge >= 0.3 is 0 Å². The summed E-state index contributed by atoms with van der Waals surface area (Å²) in [5.41, 5.74) is 1.68. The summed E-state index contributed by atoms with van der Waals surface area (Å²) in [6, 6.07) is 13.5. The van der Waals surface area contributed by atoms with Crippen LogP contribution in [0.4, 0.5) is 4.39 Å². The number of aliphatic imine (C=N–C) groups is 1. The van der Waals surface area contributed by atoms with Crippen molar-refractivity contribution in [1.29, 1.82) is 0 Å². The van der Waals surface area contributed by atoms with Crippen molar-refractivity contribution in [3.8, 4) is 5.75 Å². The normalized spacial score (nSPS) is 14.4. The molecule has 0 spiro atoms. The molecule has 4 nitrogen and oxygen atoms in total. The predicted molar refractivity (Wildman–Crippen MR) is 95.4 cm³/mol. The van der Waals surface area contributed by atoms with E-state index in [4.69, 9.17) is 0 Å². The molecule has 0 saturated heterocycles. The van der Waals surface area contributed by atoms with E-state index in [2.05, 4.69) is 10.3 Å². The molecule has 2 N–H and O–H groups in total. The van der Waals surface area contributed by atoms with E-state index in [0.717, 1.165) is 18.4 Å². The summed E-state index contributed by atoms with van der Waals surface area (Å²) >= 11 is 0. The molecule has 1 amide bonds. The number of amides is 1. The number of benzene rings is 2. The Morgan fingerprint density at radius 1 is 1.20 bits per heavy atom. The molecular weight excluding hydrogens is 319 g/mol. The highest BCUT2D eigenvalue weighted by Gasteiger charge is 2.22. The smallest absolute Gasteiger partial charge is 0.220 e. The Kier molecular flexibility index (Phi) is 5.43. The van der Waals surface area contributed by atoms with E-state index < -0.39 is 5.82 Å². The maximum absolute atomic E-state index is 13.6. The summed E-state index contributed by atoms with van der Waals surface area (Å²) in [6.45, 7) is 0.429. The minimum Gasteiger partial charge on any atom is -0.507 e. The van der Waals surface area contributed by atoms with Gasteiger partial charge in [0.2, 0.25) is 5.91 Å². The average molecular weight is 340 g/mol. The van der Waals surface area contributed by atoms with Crippen molar-refractivity contribution in [3.05, 3.63) is 65.5 Å². The van der Waals surface area contributed by atoms with Gasteiger partial charge in [0, 0.05) is 30.1 Å². The molecule has 0 unspecified atom stereocenters. The molecule has 2 aromatic rings. The molecule has 0 aliphatic heterocycles. The number of hydrogen-bond acceptors (Lipinski definition) is 3. The molecule has 3 rings (SSSR count). The SMILES string of the molecule is O=C(CCCN=C(c1ccccc1)c1cc(F)ccc1O)NC1CC1. The maximum atomic E-state index is 13.6. The van der Waals surface area contributed by atoms with E-state index >= 15 is 0 Å². The zero-order chi connectivity index (χ0) is 17.6. The molecule has 2 aromatic carbocycles. The van der Waals surface area contributed by atoms with Gasteiger partial charge in [0.25, 0.3) is 0 Å². The zero-order valence-corrected chi connectivity index (χ0v) is 13.9. The number of phenolic OH excluding ortho intramolecular Hbond substituents is 1. The standard InChI is InChI=1S/C20H21FN2O2/c21-15-8-11-18(24)17(13-15)20(14-5-2-1-3-6-14)22-12-4-7-19(25)23-16-9-10-16/h1-3,5-6,8,11,13,16,24H,4,7,9-10,12H2,(H,23,25). The summed E-state index contributed by atoms with van der Waals surface area (Å²) in [4.78, 5) is 16.3. The van der Waals surface area contributed by atoms with Gasteiger partial charge in [-0.25, -0.2) is 4.39 Å². The quantitative estimate of drug-likeness (QED) is 0.599. The van der Waals surface area contributed by atoms with Gasteiger partial charge in [-0.2, -0.15) is 0 Å². The number of aromatic hydroxyl groups is 1. The molecule has 25 heavy (non-hydrogen) atoms. The summed E-state index contributed by atoms with van der Waals surface area (Å²) in [5, 5.41) is 13.1. The maximum Gasteiger partial charge on any atom is 0.220 e. The van der Waals surface area contributed by atoms with Crippen LogP contribution in [0.5, 0.6) is 5.75 Å². The van der Waals surface area contributed by atoms with Crippen molar-refractivity contribution in [1.82, 2.24) is 5.32 Å². The third-order valence-corrected chi connectivity index (χ3v) is 4.04. The van der Waals surface area contributed by atoms with Gasteiger partial charge in [0.1, 0.15) is 11.6 Å². The fraction of sp³-hybridized carbons (Fsp3) is 0.300. The van der Waals surface area contributed by atoms with Gasteiger partial charge in [-0.15, -0.1) is 0 Å². The lowest BCUT2D eigenvalue weighted by molar-refractivity contribution is -0.121. The predicted octanol–water partition coefficient (Wildman–Crippen LogP) is 3.43. The summed E-state index contributed by atoms with van der Waals surface area (Å²) in [7, 11) is 0. The molecule has 0 bridgehead atoms. The van der Waals surface area contributed by atoms with Crippen molar-refractivity contribution in [3.63, 3.8) is 0 Å². The largest absolute Gasteiger partial charge is 0.507 e. The molecule has 1 saturated carbocycles. The Morgan fingerprint density at radius 2 is 1.96 bits per heavy atom. The fourth-order valence-electron chi connectivity index (χ4n) is 2.58. The molecular formula is C20H21FN2O2. The van der Waals surface area contributed by atoms with Crippen LogP contribution in [0.25, 0.3) is 0 Å². The number of carbonyl (C=O) groups is 1. The van der Waals surface area contributed by atoms with Crippen molar-refractivity contribution in [2.75, 3.05) is 6.54 Å². The summed E-state index contributed by atoms with van der Waals surface area (Å²) < 4.78 is 13.6. The van der Waals surface area contributed by atoms with Crippen LogP contribution in [-0.4, -0.2) is 29.3 Å². The molecule has 0 heterocycles. The Labute approximate surface area is 146 Å². The van der Waals surface area contributed by atoms with Crippen LogP contribution < -0.4 is 5.32 Å². The number of nitrogens with zero attached hydrogens (tertiary/aromatic N) is 1. The summed E-state index contributed by atoms with van der Waals surface area (Å²) in [5.74, 6) is -0.400. The van der Waals surface area contributed by atoms with E-state index in [0.29, 0.717) is 36.7 Å². The van der Waals surface area contributed by atoms with E-state index in [1.54, 1.807) is 0 Å². The van der Waals surface area contributed by atoms with Gasteiger partial charge < -0.3 is 10.4 Å². The minimum atomic E-state index is -0.430. The van der Waals surface area contributed by atoms with E-state index in [1.807, 2.05) is 30.3 Å². The van der Waals surface area contributed by atoms with Crippen LogP contribution in [0, 0.1) is 5.82 Å². The third-order valence-electron chi connectivity index (χ3n) is 4.04. The van der Waals surface area contributed by atoms with E-state index in [-0.39, 0.29) is 11.7 Å². The first-order chi connectivity index (χ1) is 12.1. The van der Waals surface area contributed by atoms with Gasteiger partial charge in [-0.1, -0.05) is 30.3 Å². The molecule has 5 heteroatoms. The Balaban J connectivity index is 1.74. The van der Waals surface area contributed by atoms with Crippen molar-refractivity contribution < 1.29 is 14.3 Å². The van der Waals surface area contributed by atoms with Gasteiger partial charge in [0.05, 0.1) is 5.71 Å². The van der Waals surface area contributed by atoms with Crippen LogP contribution in [0.1, 0.15) is 36.8 Å². The first kappa shape index (κ1) is 17.1. The number of phenols is 1. The monoisotopic (exact) mass is 340 g/mol. The Hall–Kier alpha value is -2.69. The number of rotatable bonds is 7. The molecule has 1 fully saturated rings. The second kappa shape index (κ2) is 7.92. The molecule has 1 aliphatic rings. The summed E-state index contributed by atoms with van der Waals surface area (Å²) in [6.07, 6.45) is 3.16. The van der Waals surface area contributed by atoms with Gasteiger partial charge in [-0.3, -0.25) is 9.79 Å². The molecule has 1 aliphatic carbocycles. The van der Waals surface area contributed by atoms with Crippen molar-refractivity contribution >= 4 is 11.6 Å². The first-order valence-electron chi connectivity index (χ1n) is 8.51. The Morgan fingerprint density at radius 3 is 2.68 bits per heavy atom. The number of nitrogens with one attached hydrogen (secondary N) is 1. The topological polar surface area (TPSA) is 61.7 Å². The van der Waals surface area contributed by atoms with Gasteiger partial charge in [-0.05, 0) is 37.5 Å². The van der Waals surface area contributed by atoms with E-state index in [9.17, 15) is 14.3 Å². The number of hydrogen-bond donors (Lipinski definition) is 2. The van der Waals surface area contributed by atoms with E-state index in [1.165, 1.54) is 18.2 Å². The lowest BCUT2D eigenvalue weighted by Crippen LogP contribution is -2.25. The minimum absolute atomic E-state index is 0.0181. The van der Waals surface area contributed by atoms with Crippen LogP contribution in [0.3, 0.4) is 0 Å². The lowest BCUT2D eigenvalue weighted by atomic mass is 10.0. The third kappa shape index (κ3) is 4.89. The lowest BCUT2D eigenvalue weighted by Gasteiger charge is -2.10. The molecule has 130 valence electrons. The van der Waals surface area contributed by atoms with Crippen LogP contribution in [0.2, 0.25) is 0 Å². The number of carbonyl (C=O) groups excluding carboxylic acids is 1. The van der Waals surface area contributed by atoms with Crippen LogP contribution >= 0.6 is 0 Å². The first-order valence-corrected chi connectivity index (χ1v) is 8.51. The average Bonchev–Trinajstić information content (AvgIpc) is 3.42. The van der Waals surface area contributed by atoms with Crippen LogP contribution in [-0.2, 0) is 4.79 Å². The molecule has 0 atom stereocenters. The molecule has 0 aromatic heterocycles. The fourth-order valence-corrected chi connectivity index (χ4v) is 2.58. The molecule has 0 radical (unpaired) electrons. The van der Waals surface area contributed by atoms with Crippen molar-refractivity contribution in [2.45, 2.75) is 31.7 Å². The Bertz CT molecular complexity index is 771. The highest BCUT2D eigenvalue weighted by atomic mass is 19.1. The second-order valence-electron chi connectivity index (χ2n) is 6.20.